The molecule has 0 amide bonds. The molecule has 4 N–H and O–H groups in total. The zero-order valence-electron chi connectivity index (χ0n) is 38.5. The molecule has 9 nitrogen and oxygen atoms in total. The van der Waals surface area contributed by atoms with Crippen LogP contribution in [0.15, 0.2) is 48.6 Å². The van der Waals surface area contributed by atoms with Crippen molar-refractivity contribution in [3.8, 4) is 0 Å². The first-order valence-corrected chi connectivity index (χ1v) is 24.7. The first kappa shape index (κ1) is 56.2. The Morgan fingerprint density at radius 2 is 0.967 bits per heavy atom. The van der Waals surface area contributed by atoms with Gasteiger partial charge in [-0.15, -0.1) is 0 Å². The normalized spacial score (nSPS) is 20.4. The standard InChI is InChI=1S/C51H92O9/c1-3-5-7-9-11-13-15-17-19-20-21-22-23-24-25-26-27-28-30-32-34-36-38-40-47(53)59-45(44-58-51-50(56)49(55)48(54)46(42-52)60-51)43-57-41-39-37-35-33-31-29-18-16-14-12-10-8-6-4-2/h14-17,20-21,23-24,45-46,48-52,54-56H,3-13,18-19,22,25-44H2,1-2H3/b16-14-,17-15-,21-20-,24-23-. The highest BCUT2D eigenvalue weighted by Gasteiger charge is 2.44. The van der Waals surface area contributed by atoms with Crippen molar-refractivity contribution in [2.24, 2.45) is 0 Å². The van der Waals surface area contributed by atoms with E-state index in [1.54, 1.807) is 0 Å². The van der Waals surface area contributed by atoms with Gasteiger partial charge in [-0.25, -0.2) is 0 Å². The second-order valence-corrected chi connectivity index (χ2v) is 16.9. The van der Waals surface area contributed by atoms with Crippen molar-refractivity contribution < 1.29 is 44.2 Å². The van der Waals surface area contributed by atoms with Crippen LogP contribution in [-0.4, -0.2) is 89.6 Å². The molecule has 0 radical (unpaired) electrons. The molecule has 350 valence electrons. The third-order valence-corrected chi connectivity index (χ3v) is 11.2. The highest BCUT2D eigenvalue weighted by atomic mass is 16.7. The monoisotopic (exact) mass is 849 g/mol. The number of rotatable bonds is 42. The number of hydrogen-bond acceptors (Lipinski definition) is 9. The van der Waals surface area contributed by atoms with E-state index in [0.717, 1.165) is 64.2 Å². The summed E-state index contributed by atoms with van der Waals surface area (Å²) in [7, 11) is 0. The van der Waals surface area contributed by atoms with Gasteiger partial charge < -0.3 is 39.4 Å². The Labute approximate surface area is 367 Å². The lowest BCUT2D eigenvalue weighted by Gasteiger charge is -2.39. The Kier molecular flexibility index (Phi) is 39.7. The first-order chi connectivity index (χ1) is 29.4. The maximum Gasteiger partial charge on any atom is 0.306 e. The average Bonchev–Trinajstić information content (AvgIpc) is 3.25. The molecule has 6 atom stereocenters. The van der Waals surface area contributed by atoms with Crippen molar-refractivity contribution in [2.45, 2.75) is 243 Å². The summed E-state index contributed by atoms with van der Waals surface area (Å²) >= 11 is 0. The summed E-state index contributed by atoms with van der Waals surface area (Å²) in [5.41, 5.74) is 0. The van der Waals surface area contributed by atoms with Crippen molar-refractivity contribution in [1.29, 1.82) is 0 Å². The Bertz CT molecular complexity index is 1060. The average molecular weight is 849 g/mol. The van der Waals surface area contributed by atoms with E-state index >= 15 is 0 Å². The van der Waals surface area contributed by atoms with Gasteiger partial charge in [0.2, 0.25) is 0 Å². The molecule has 1 saturated heterocycles. The van der Waals surface area contributed by atoms with Gasteiger partial charge in [-0.05, 0) is 77.0 Å². The van der Waals surface area contributed by atoms with Crippen molar-refractivity contribution in [3.63, 3.8) is 0 Å². The van der Waals surface area contributed by atoms with Crippen molar-refractivity contribution in [3.05, 3.63) is 48.6 Å². The van der Waals surface area contributed by atoms with Crippen LogP contribution in [0, 0.1) is 0 Å². The molecule has 0 bridgehead atoms. The second kappa shape index (κ2) is 42.5. The molecule has 0 saturated carbocycles. The van der Waals surface area contributed by atoms with Crippen LogP contribution in [0.5, 0.6) is 0 Å². The Morgan fingerprint density at radius 3 is 1.48 bits per heavy atom. The number of unbranched alkanes of at least 4 members (excludes halogenated alkanes) is 23. The second-order valence-electron chi connectivity index (χ2n) is 16.9. The fourth-order valence-corrected chi connectivity index (χ4v) is 7.32. The molecule has 6 unspecified atom stereocenters. The lowest BCUT2D eigenvalue weighted by atomic mass is 9.99. The van der Waals surface area contributed by atoms with Gasteiger partial charge in [-0.1, -0.05) is 172 Å². The summed E-state index contributed by atoms with van der Waals surface area (Å²) < 4.78 is 22.8. The lowest BCUT2D eigenvalue weighted by Crippen LogP contribution is -2.59. The Morgan fingerprint density at radius 1 is 0.533 bits per heavy atom. The molecule has 1 rings (SSSR count). The number of aliphatic hydroxyl groups excluding tert-OH is 4. The number of carbonyl (C=O) groups excluding carboxylic acids is 1. The van der Waals surface area contributed by atoms with Crippen LogP contribution in [0.2, 0.25) is 0 Å². The minimum absolute atomic E-state index is 0.119. The van der Waals surface area contributed by atoms with Crippen molar-refractivity contribution >= 4 is 5.97 Å². The maximum atomic E-state index is 12.8. The summed E-state index contributed by atoms with van der Waals surface area (Å²) in [4.78, 5) is 12.8. The van der Waals surface area contributed by atoms with Gasteiger partial charge in [-0.3, -0.25) is 4.79 Å². The number of hydrogen-bond donors (Lipinski definition) is 4. The molecule has 1 heterocycles. The largest absolute Gasteiger partial charge is 0.457 e. The molecule has 1 aliphatic rings. The van der Waals surface area contributed by atoms with Crippen LogP contribution in [0.4, 0.5) is 0 Å². The third kappa shape index (κ3) is 32.8. The van der Waals surface area contributed by atoms with Crippen molar-refractivity contribution in [1.82, 2.24) is 0 Å². The Balaban J connectivity index is 2.22. The predicted molar refractivity (Wildman–Crippen MR) is 247 cm³/mol. The minimum atomic E-state index is -1.54. The molecule has 60 heavy (non-hydrogen) atoms. The summed E-state index contributed by atoms with van der Waals surface area (Å²) in [5, 5.41) is 40.2. The van der Waals surface area contributed by atoms with Crippen LogP contribution in [0.3, 0.4) is 0 Å². The molecular weight excluding hydrogens is 757 g/mol. The first-order valence-electron chi connectivity index (χ1n) is 24.7. The van der Waals surface area contributed by atoms with E-state index in [9.17, 15) is 25.2 Å². The molecule has 0 aromatic rings. The topological polar surface area (TPSA) is 135 Å². The van der Waals surface area contributed by atoms with Gasteiger partial charge >= 0.3 is 5.97 Å². The summed E-state index contributed by atoms with van der Waals surface area (Å²) in [6, 6.07) is 0. The molecule has 9 heteroatoms. The number of aliphatic hydroxyl groups is 4. The third-order valence-electron chi connectivity index (χ3n) is 11.2. The van der Waals surface area contributed by atoms with Gasteiger partial charge in [0, 0.05) is 13.0 Å². The minimum Gasteiger partial charge on any atom is -0.457 e. The smallest absolute Gasteiger partial charge is 0.306 e. The molecule has 0 aliphatic carbocycles. The summed E-state index contributed by atoms with van der Waals surface area (Å²) in [6.07, 6.45) is 45.6. The molecular formula is C51H92O9. The lowest BCUT2D eigenvalue weighted by molar-refractivity contribution is -0.305. The summed E-state index contributed by atoms with van der Waals surface area (Å²) in [6.45, 7) is 4.52. The van der Waals surface area contributed by atoms with E-state index < -0.39 is 43.4 Å². The molecule has 0 aromatic carbocycles. The summed E-state index contributed by atoms with van der Waals surface area (Å²) in [5.74, 6) is -0.323. The van der Waals surface area contributed by atoms with Crippen LogP contribution in [0.1, 0.15) is 206 Å². The van der Waals surface area contributed by atoms with Crippen LogP contribution >= 0.6 is 0 Å². The van der Waals surface area contributed by atoms with E-state index in [-0.39, 0.29) is 19.2 Å². The number of allylic oxidation sites excluding steroid dienone is 8. The maximum absolute atomic E-state index is 12.8. The zero-order valence-corrected chi connectivity index (χ0v) is 38.5. The molecule has 0 aromatic heterocycles. The van der Waals surface area contributed by atoms with E-state index in [4.69, 9.17) is 18.9 Å². The van der Waals surface area contributed by atoms with Crippen LogP contribution in [-0.2, 0) is 23.7 Å². The highest BCUT2D eigenvalue weighted by molar-refractivity contribution is 5.69. The fourth-order valence-electron chi connectivity index (χ4n) is 7.32. The quantitative estimate of drug-likeness (QED) is 0.0269. The molecule has 1 fully saturated rings. The van der Waals surface area contributed by atoms with E-state index in [1.807, 2.05) is 0 Å². The van der Waals surface area contributed by atoms with Gasteiger partial charge in [0.25, 0.3) is 0 Å². The van der Waals surface area contributed by atoms with Crippen LogP contribution < -0.4 is 0 Å². The van der Waals surface area contributed by atoms with Crippen molar-refractivity contribution in [2.75, 3.05) is 26.4 Å². The van der Waals surface area contributed by atoms with Gasteiger partial charge in [-0.2, -0.15) is 0 Å². The fraction of sp³-hybridized carbons (Fsp3) is 0.824. The number of carbonyl (C=O) groups is 1. The van der Waals surface area contributed by atoms with E-state index in [1.165, 1.54) is 122 Å². The number of ether oxygens (including phenoxy) is 4. The molecule has 0 spiro atoms. The van der Waals surface area contributed by atoms with Gasteiger partial charge in [0.15, 0.2) is 6.29 Å². The predicted octanol–water partition coefficient (Wildman–Crippen LogP) is 11.7. The van der Waals surface area contributed by atoms with E-state index in [0.29, 0.717) is 13.0 Å². The Hall–Kier alpha value is -1.85. The molecule has 1 aliphatic heterocycles. The van der Waals surface area contributed by atoms with E-state index in [2.05, 4.69) is 62.5 Å². The van der Waals surface area contributed by atoms with Gasteiger partial charge in [0.1, 0.15) is 30.5 Å². The van der Waals surface area contributed by atoms with Crippen LogP contribution in [0.25, 0.3) is 0 Å². The number of esters is 1. The SMILES string of the molecule is CCCCCC/C=C\CCCCCCCCOCC(COC1OC(CO)C(O)C(O)C1O)OC(=O)CCCCCCCCCC/C=C\C/C=C\C/C=C\CCCCCCC. The van der Waals surface area contributed by atoms with Gasteiger partial charge in [0.05, 0.1) is 19.8 Å². The zero-order chi connectivity index (χ0) is 43.6. The highest BCUT2D eigenvalue weighted by Crippen LogP contribution is 2.22.